The van der Waals surface area contributed by atoms with Crippen LogP contribution < -0.4 is 14.0 Å². The molecule has 16 aromatic rings. The molecule has 0 aliphatic heterocycles. The first kappa shape index (κ1) is 49.3. The summed E-state index contributed by atoms with van der Waals surface area (Å²) < 4.78 is 15.1. The predicted octanol–water partition coefficient (Wildman–Crippen LogP) is 16.5. The van der Waals surface area contributed by atoms with Crippen molar-refractivity contribution < 1.29 is 18.5 Å². The zero-order chi connectivity index (χ0) is 54.9. The Bertz CT molecular complexity index is 4950. The largest absolute Gasteiger partial charge is 0.464 e. The Hall–Kier alpha value is -9.96. The molecule has 0 saturated heterocycles. The van der Waals surface area contributed by atoms with Gasteiger partial charge in [-0.3, -0.25) is 0 Å². The quantitative estimate of drug-likeness (QED) is 0.130. The molecule has 0 saturated carbocycles. The third-order valence-electron chi connectivity index (χ3n) is 16.0. The lowest BCUT2D eigenvalue weighted by atomic mass is 9.99. The molecule has 0 atom stereocenters. The van der Waals surface area contributed by atoms with Crippen LogP contribution >= 0.6 is 11.3 Å². The molecule has 388 valence electrons. The van der Waals surface area contributed by atoms with Crippen LogP contribution in [0.2, 0.25) is 0 Å². The van der Waals surface area contributed by atoms with Crippen LogP contribution in [0.1, 0.15) is 16.7 Å². The summed E-state index contributed by atoms with van der Waals surface area (Å²) in [5.74, 6) is 0. The highest BCUT2D eigenvalue weighted by atomic mass is 32.1. The van der Waals surface area contributed by atoms with Gasteiger partial charge in [-0.05, 0) is 160 Å². The molecule has 0 bridgehead atoms. The van der Waals surface area contributed by atoms with Gasteiger partial charge in [0.1, 0.15) is 22.1 Å². The van der Waals surface area contributed by atoms with Gasteiger partial charge < -0.3 is 8.98 Å². The van der Waals surface area contributed by atoms with Crippen molar-refractivity contribution in [3.05, 3.63) is 247 Å². The van der Waals surface area contributed by atoms with E-state index in [1.807, 2.05) is 47.3 Å². The molecule has 0 aliphatic carbocycles. The van der Waals surface area contributed by atoms with Crippen LogP contribution in [0.15, 0.2) is 235 Å². The van der Waals surface area contributed by atoms with Gasteiger partial charge in [-0.25, -0.2) is 0 Å². The third-order valence-corrected chi connectivity index (χ3v) is 16.8. The summed E-state index contributed by atoms with van der Waals surface area (Å²) in [6.07, 6.45) is 3.90. The van der Waals surface area contributed by atoms with E-state index in [0.717, 1.165) is 55.4 Å². The Kier molecular flexibility index (Phi) is 12.2. The molecule has 0 unspecified atom stereocenters. The van der Waals surface area contributed by atoms with Crippen LogP contribution in [0.25, 0.3) is 136 Å². The number of para-hydroxylation sites is 1. The molecule has 0 spiro atoms. The lowest BCUT2D eigenvalue weighted by Crippen LogP contribution is -2.35. The highest BCUT2D eigenvalue weighted by molar-refractivity contribution is 7.17. The fourth-order valence-electron chi connectivity index (χ4n) is 11.9. The van der Waals surface area contributed by atoms with Crippen molar-refractivity contribution in [1.82, 2.24) is 19.9 Å². The monoisotopic (exact) mass is 1070 g/mol. The molecule has 0 N–H and O–H groups in total. The molecule has 8 nitrogen and oxygen atoms in total. The molecule has 0 aliphatic rings. The molecule has 9 heteroatoms. The van der Waals surface area contributed by atoms with Crippen LogP contribution in [0, 0.1) is 20.8 Å². The average Bonchev–Trinajstić information content (AvgIpc) is 4.31. The minimum atomic E-state index is 0.902. The predicted molar refractivity (Wildman–Crippen MR) is 334 cm³/mol. The number of aryl methyl sites for hydroxylation is 6. The molecule has 6 heterocycles. The van der Waals surface area contributed by atoms with Gasteiger partial charge >= 0.3 is 0 Å². The fraction of sp³-hybridized carbons (Fsp3) is 0.0833. The van der Waals surface area contributed by atoms with Crippen molar-refractivity contribution in [2.75, 3.05) is 0 Å². The van der Waals surface area contributed by atoms with Gasteiger partial charge in [0.05, 0.1) is 28.5 Å². The smallest absolute Gasteiger partial charge is 0.240 e. The number of aromatic nitrogens is 7. The maximum Gasteiger partial charge on any atom is 0.240 e. The van der Waals surface area contributed by atoms with Gasteiger partial charge in [0.2, 0.25) is 17.1 Å². The number of furan rings is 1. The standard InChI is InChI=1S/C28H22N3.C22H17N2O.C22H17N2S/c1-19-12-13-26-24(14-15-31(26)23-10-4-3-5-11-23)28(19)27-18-22-16-20-8-6-7-9-21(20)17-25(22)29-30(27)2;2*1-14-7-8-21-18(9-10-25-21)22(14)20-13-17-11-15-5-3-4-6-16(15)12-19(17)23-24(20)2/h3-18H,1-2H3;2*3-13H,1-2H3/q3*+1. The van der Waals surface area contributed by atoms with Crippen molar-refractivity contribution >= 4 is 108 Å². The summed E-state index contributed by atoms with van der Waals surface area (Å²) in [4.78, 5) is 0. The summed E-state index contributed by atoms with van der Waals surface area (Å²) in [6.45, 7) is 6.49. The summed E-state index contributed by atoms with van der Waals surface area (Å²) in [5, 5.41) is 31.3. The van der Waals surface area contributed by atoms with E-state index in [-0.39, 0.29) is 0 Å². The van der Waals surface area contributed by atoms with E-state index in [4.69, 9.17) is 19.7 Å². The van der Waals surface area contributed by atoms with Crippen molar-refractivity contribution in [2.24, 2.45) is 21.1 Å². The first-order valence-corrected chi connectivity index (χ1v) is 28.2. The molecule has 10 aromatic carbocycles. The van der Waals surface area contributed by atoms with Crippen molar-refractivity contribution in [2.45, 2.75) is 20.8 Å². The summed E-state index contributed by atoms with van der Waals surface area (Å²) >= 11 is 1.79. The van der Waals surface area contributed by atoms with E-state index in [2.05, 4.69) is 237 Å². The zero-order valence-corrected chi connectivity index (χ0v) is 46.7. The first-order valence-electron chi connectivity index (χ1n) is 27.3. The fourth-order valence-corrected chi connectivity index (χ4v) is 12.7. The second-order valence-electron chi connectivity index (χ2n) is 21.1. The van der Waals surface area contributed by atoms with Crippen LogP contribution in [0.3, 0.4) is 0 Å². The molecule has 6 aromatic heterocycles. The van der Waals surface area contributed by atoms with Crippen molar-refractivity contribution in [3.63, 3.8) is 0 Å². The number of hydrogen-bond acceptors (Lipinski definition) is 5. The number of nitrogens with zero attached hydrogens (tertiary/aromatic N) is 7. The number of thiophene rings is 1. The minimum absolute atomic E-state index is 0.902. The first-order chi connectivity index (χ1) is 39.6. The second-order valence-corrected chi connectivity index (χ2v) is 22.1. The lowest BCUT2D eigenvalue weighted by molar-refractivity contribution is -0.718. The lowest BCUT2D eigenvalue weighted by Gasteiger charge is -2.09. The molecule has 0 amide bonds. The van der Waals surface area contributed by atoms with E-state index >= 15 is 0 Å². The third kappa shape index (κ3) is 8.88. The van der Waals surface area contributed by atoms with E-state index in [1.54, 1.807) is 17.6 Å². The second kappa shape index (κ2) is 20.0. The van der Waals surface area contributed by atoms with Gasteiger partial charge in [0, 0.05) is 82.4 Å². The molecule has 81 heavy (non-hydrogen) atoms. The van der Waals surface area contributed by atoms with Crippen molar-refractivity contribution in [3.8, 4) is 39.5 Å². The number of rotatable bonds is 4. The van der Waals surface area contributed by atoms with Gasteiger partial charge in [-0.2, -0.15) is 0 Å². The van der Waals surface area contributed by atoms with Gasteiger partial charge in [-0.1, -0.05) is 123 Å². The Morgan fingerprint density at radius 3 is 1.32 bits per heavy atom. The topological polar surface area (TPSA) is 68.4 Å². The van der Waals surface area contributed by atoms with Crippen LogP contribution in [-0.4, -0.2) is 19.9 Å². The van der Waals surface area contributed by atoms with E-state index < -0.39 is 0 Å². The van der Waals surface area contributed by atoms with Gasteiger partial charge in [-0.15, -0.1) is 11.3 Å². The highest BCUT2D eigenvalue weighted by Crippen LogP contribution is 2.37. The van der Waals surface area contributed by atoms with E-state index in [9.17, 15) is 0 Å². The minimum Gasteiger partial charge on any atom is -0.464 e. The maximum atomic E-state index is 5.59. The normalized spacial score (nSPS) is 11.6. The number of hydrogen-bond donors (Lipinski definition) is 0. The van der Waals surface area contributed by atoms with E-state index in [1.165, 1.54) is 97.8 Å². The Morgan fingerprint density at radius 1 is 0.383 bits per heavy atom. The molecule has 16 rings (SSSR count). The summed E-state index contributed by atoms with van der Waals surface area (Å²) in [5.41, 5.74) is 17.1. The summed E-state index contributed by atoms with van der Waals surface area (Å²) in [7, 11) is 6.08. The SMILES string of the molecule is Cc1ccc2c(ccn2-c2ccccc2)c1-c1cc2cc3ccccc3cc2n[n+]1C.Cc1ccc2occc2c1-c1cc2cc3ccccc3cc2n[n+]1C.Cc1ccc2sccc2c1-c1cc2cc3ccccc3cc2n[n+]1C. The van der Waals surface area contributed by atoms with Gasteiger partial charge in [0.25, 0.3) is 0 Å². The van der Waals surface area contributed by atoms with Crippen LogP contribution in [-0.2, 0) is 21.1 Å². The van der Waals surface area contributed by atoms with Crippen LogP contribution in [0.4, 0.5) is 0 Å². The Balaban J connectivity index is 0.000000110. The zero-order valence-electron chi connectivity index (χ0n) is 45.9. The van der Waals surface area contributed by atoms with Crippen molar-refractivity contribution in [1.29, 1.82) is 0 Å². The average molecular weight is 1070 g/mol. The van der Waals surface area contributed by atoms with Gasteiger partial charge in [0.15, 0.2) is 21.1 Å². The molecule has 0 radical (unpaired) electrons. The number of fused-ring (bicyclic) bond motifs is 9. The molecular weight excluding hydrogens is 1010 g/mol. The molecule has 0 fully saturated rings. The maximum absolute atomic E-state index is 5.59. The summed E-state index contributed by atoms with van der Waals surface area (Å²) in [6, 6.07) is 75.2. The van der Waals surface area contributed by atoms with Crippen LogP contribution in [0.5, 0.6) is 0 Å². The van der Waals surface area contributed by atoms with E-state index in [0.29, 0.717) is 0 Å². The molecular formula is C72H56N7OS+3. The Labute approximate surface area is 472 Å². The number of benzene rings is 10. The Morgan fingerprint density at radius 2 is 0.815 bits per heavy atom. The highest BCUT2D eigenvalue weighted by Gasteiger charge is 2.23.